The molecule has 168 valence electrons. The molecule has 10 heteroatoms. The van der Waals surface area contributed by atoms with Crippen LogP contribution in [0.4, 0.5) is 0 Å². The molecule has 2 aromatic heterocycles. The van der Waals surface area contributed by atoms with Gasteiger partial charge in [0.25, 0.3) is 11.5 Å². The van der Waals surface area contributed by atoms with Gasteiger partial charge in [-0.2, -0.15) is 4.98 Å². The number of pyridine rings is 1. The quantitative estimate of drug-likeness (QED) is 0.419. The van der Waals surface area contributed by atoms with Gasteiger partial charge in [-0.3, -0.25) is 23.7 Å². The van der Waals surface area contributed by atoms with Crippen molar-refractivity contribution < 1.29 is 19.4 Å². The van der Waals surface area contributed by atoms with Crippen LogP contribution in [0.5, 0.6) is 11.6 Å². The molecule has 8 nitrogen and oxygen atoms in total. The number of carboxylic acid groups (broad SMARTS) is 1. The molecule has 0 bridgehead atoms. The molecule has 0 atom stereocenters. The fourth-order valence-electron chi connectivity index (χ4n) is 3.42. The van der Waals surface area contributed by atoms with E-state index in [2.05, 4.69) is 4.98 Å². The van der Waals surface area contributed by atoms with Crippen LogP contribution >= 0.6 is 24.0 Å². The van der Waals surface area contributed by atoms with E-state index >= 15 is 0 Å². The van der Waals surface area contributed by atoms with Crippen LogP contribution in [0.25, 0.3) is 11.7 Å². The van der Waals surface area contributed by atoms with Crippen LogP contribution in [-0.2, 0) is 9.59 Å². The normalized spacial score (nSPS) is 15.0. The van der Waals surface area contributed by atoms with E-state index in [-0.39, 0.29) is 33.6 Å². The van der Waals surface area contributed by atoms with Crippen molar-refractivity contribution in [3.05, 3.63) is 74.5 Å². The number of rotatable bonds is 6. The summed E-state index contributed by atoms with van der Waals surface area (Å²) in [5.41, 5.74) is 2.06. The Morgan fingerprint density at radius 1 is 1.21 bits per heavy atom. The van der Waals surface area contributed by atoms with Crippen molar-refractivity contribution in [2.45, 2.75) is 20.3 Å². The number of nitrogens with zero attached hydrogens (tertiary/aromatic N) is 3. The van der Waals surface area contributed by atoms with Crippen molar-refractivity contribution in [2.24, 2.45) is 0 Å². The summed E-state index contributed by atoms with van der Waals surface area (Å²) in [5, 5.41) is 8.93. The lowest BCUT2D eigenvalue weighted by Crippen LogP contribution is -2.30. The van der Waals surface area contributed by atoms with Gasteiger partial charge in [-0.1, -0.05) is 36.1 Å². The van der Waals surface area contributed by atoms with Gasteiger partial charge in [-0.05, 0) is 55.3 Å². The highest BCUT2D eigenvalue weighted by Gasteiger charge is 2.33. The number of aryl methyl sites for hydroxylation is 2. The van der Waals surface area contributed by atoms with Crippen molar-refractivity contribution in [1.29, 1.82) is 0 Å². The molecule has 1 N–H and O–H groups in total. The third-order valence-electron chi connectivity index (χ3n) is 4.84. The first-order valence-corrected chi connectivity index (χ1v) is 11.2. The lowest BCUT2D eigenvalue weighted by Gasteiger charge is -2.12. The van der Waals surface area contributed by atoms with E-state index in [1.54, 1.807) is 24.4 Å². The summed E-state index contributed by atoms with van der Waals surface area (Å²) in [4.78, 5) is 43.0. The van der Waals surface area contributed by atoms with Crippen LogP contribution in [0, 0.1) is 13.8 Å². The molecule has 1 amide bonds. The fourth-order valence-corrected chi connectivity index (χ4v) is 4.71. The van der Waals surface area contributed by atoms with Gasteiger partial charge >= 0.3 is 5.97 Å². The molecule has 3 heterocycles. The maximum absolute atomic E-state index is 13.3. The summed E-state index contributed by atoms with van der Waals surface area (Å²) in [5.74, 6) is -0.911. The molecule has 3 aromatic rings. The monoisotopic (exact) mass is 481 g/mol. The zero-order valence-corrected chi connectivity index (χ0v) is 19.4. The molecule has 33 heavy (non-hydrogen) atoms. The van der Waals surface area contributed by atoms with E-state index in [4.69, 9.17) is 22.1 Å². The van der Waals surface area contributed by atoms with Crippen molar-refractivity contribution >= 4 is 51.9 Å². The Morgan fingerprint density at radius 2 is 1.94 bits per heavy atom. The Kier molecular flexibility index (Phi) is 6.30. The number of ether oxygens (including phenoxy) is 1. The molecule has 0 radical (unpaired) electrons. The van der Waals surface area contributed by atoms with Gasteiger partial charge in [-0.25, -0.2) is 0 Å². The van der Waals surface area contributed by atoms with Crippen molar-refractivity contribution in [3.8, 4) is 11.6 Å². The predicted molar refractivity (Wildman–Crippen MR) is 130 cm³/mol. The second-order valence-electron chi connectivity index (χ2n) is 7.47. The van der Waals surface area contributed by atoms with Crippen molar-refractivity contribution in [1.82, 2.24) is 14.3 Å². The van der Waals surface area contributed by atoms with Crippen LogP contribution in [0.2, 0.25) is 0 Å². The van der Waals surface area contributed by atoms with Gasteiger partial charge in [0.05, 0.1) is 11.3 Å². The van der Waals surface area contributed by atoms with Gasteiger partial charge in [0, 0.05) is 12.7 Å². The zero-order chi connectivity index (χ0) is 23.7. The Balaban J connectivity index is 1.81. The van der Waals surface area contributed by atoms with Crippen LogP contribution in [-0.4, -0.2) is 42.1 Å². The predicted octanol–water partition coefficient (Wildman–Crippen LogP) is 3.78. The number of carbonyl (C=O) groups excluding carboxylic acids is 1. The number of carbonyl (C=O) groups is 2. The van der Waals surface area contributed by atoms with E-state index < -0.39 is 17.4 Å². The smallest absolute Gasteiger partial charge is 0.305 e. The first kappa shape index (κ1) is 22.7. The van der Waals surface area contributed by atoms with E-state index in [9.17, 15) is 14.4 Å². The van der Waals surface area contributed by atoms with E-state index in [0.29, 0.717) is 11.4 Å². The van der Waals surface area contributed by atoms with Gasteiger partial charge in [0.2, 0.25) is 5.88 Å². The molecule has 1 saturated heterocycles. The fraction of sp³-hybridized carbons (Fsp3) is 0.174. The summed E-state index contributed by atoms with van der Waals surface area (Å²) in [7, 11) is 0. The number of amides is 1. The molecule has 1 fully saturated rings. The number of aromatic nitrogens is 2. The Bertz CT molecular complexity index is 1380. The minimum Gasteiger partial charge on any atom is -0.481 e. The summed E-state index contributed by atoms with van der Waals surface area (Å²) >= 11 is 6.25. The third kappa shape index (κ3) is 4.81. The molecule has 1 aromatic carbocycles. The van der Waals surface area contributed by atoms with E-state index in [1.165, 1.54) is 15.4 Å². The van der Waals surface area contributed by atoms with Gasteiger partial charge in [0.1, 0.15) is 21.3 Å². The highest BCUT2D eigenvalue weighted by molar-refractivity contribution is 8.26. The van der Waals surface area contributed by atoms with Gasteiger partial charge < -0.3 is 9.84 Å². The summed E-state index contributed by atoms with van der Waals surface area (Å²) < 4.78 is 7.63. The minimum absolute atomic E-state index is 0.0434. The average molecular weight is 482 g/mol. The largest absolute Gasteiger partial charge is 0.481 e. The average Bonchev–Trinajstić information content (AvgIpc) is 3.01. The van der Waals surface area contributed by atoms with Crippen molar-refractivity contribution in [2.75, 3.05) is 6.54 Å². The number of thioether (sulfide) groups is 1. The number of benzene rings is 1. The van der Waals surface area contributed by atoms with Gasteiger partial charge in [0.15, 0.2) is 0 Å². The first-order valence-electron chi connectivity index (χ1n) is 9.97. The molecule has 0 saturated carbocycles. The highest BCUT2D eigenvalue weighted by atomic mass is 32.2. The molecule has 1 aliphatic rings. The summed E-state index contributed by atoms with van der Waals surface area (Å²) in [6.07, 6.45) is 2.76. The number of hydrogen-bond acceptors (Lipinski definition) is 7. The van der Waals surface area contributed by atoms with E-state index in [0.717, 1.165) is 22.9 Å². The number of thiocarbonyl (C=S) groups is 1. The summed E-state index contributed by atoms with van der Waals surface area (Å²) in [6, 6.07) is 10.8. The van der Waals surface area contributed by atoms with Crippen LogP contribution in [0.3, 0.4) is 0 Å². The number of aliphatic carboxylic acids is 1. The first-order chi connectivity index (χ1) is 15.7. The number of fused-ring (bicyclic) bond motifs is 1. The molecular formula is C23H19N3O5S2. The molecular weight excluding hydrogens is 462 g/mol. The van der Waals surface area contributed by atoms with Crippen molar-refractivity contribution in [3.63, 3.8) is 0 Å². The second kappa shape index (κ2) is 9.16. The maximum Gasteiger partial charge on any atom is 0.305 e. The molecule has 0 aliphatic carbocycles. The van der Waals surface area contributed by atoms with E-state index in [1.807, 2.05) is 32.0 Å². The topological polar surface area (TPSA) is 101 Å². The molecule has 4 rings (SSSR count). The SMILES string of the molecule is Cc1cc(C)cc(Oc2nc3ccccn3c(=O)c2/C=C2\SC(=S)N(CCC(=O)O)C2=O)c1. The lowest BCUT2D eigenvalue weighted by atomic mass is 10.1. The van der Waals surface area contributed by atoms with Crippen LogP contribution in [0.15, 0.2) is 52.3 Å². The Morgan fingerprint density at radius 3 is 2.64 bits per heavy atom. The number of carboxylic acids is 1. The summed E-state index contributed by atoms with van der Waals surface area (Å²) in [6.45, 7) is 3.83. The van der Waals surface area contributed by atoms with Gasteiger partial charge in [-0.15, -0.1) is 0 Å². The Labute approximate surface area is 198 Å². The molecule has 1 aliphatic heterocycles. The minimum atomic E-state index is -1.03. The molecule has 0 spiro atoms. The standard InChI is InChI=1S/C23H19N3O5S2/c1-13-9-14(2)11-15(10-13)31-20-16(21(29)25-7-4-3-5-18(25)24-20)12-17-22(30)26(23(32)33-17)8-6-19(27)28/h3-5,7,9-12H,6,8H2,1-2H3,(H,27,28)/b17-12-. The lowest BCUT2D eigenvalue weighted by molar-refractivity contribution is -0.137. The third-order valence-corrected chi connectivity index (χ3v) is 6.22. The zero-order valence-electron chi connectivity index (χ0n) is 17.8. The second-order valence-corrected chi connectivity index (χ2v) is 9.14. The number of hydrogen-bond donors (Lipinski definition) is 1. The molecule has 0 unspecified atom stereocenters. The maximum atomic E-state index is 13.3. The van der Waals surface area contributed by atoms with Crippen LogP contribution < -0.4 is 10.3 Å². The Hall–Kier alpha value is -3.50. The van der Waals surface area contributed by atoms with Crippen LogP contribution in [0.1, 0.15) is 23.1 Å². The highest BCUT2D eigenvalue weighted by Crippen LogP contribution is 2.34.